The van der Waals surface area contributed by atoms with Crippen LogP contribution < -0.4 is 0 Å². The average Bonchev–Trinajstić information content (AvgIpc) is 2.96. The molecule has 0 bridgehead atoms. The maximum absolute atomic E-state index is 5.40. The summed E-state index contributed by atoms with van der Waals surface area (Å²) in [5.74, 6) is 0. The Hall–Kier alpha value is -2.52. The Morgan fingerprint density at radius 2 is 1.29 bits per heavy atom. The van der Waals surface area contributed by atoms with Crippen molar-refractivity contribution in [3.63, 3.8) is 0 Å². The number of hydrogen-bond donors (Lipinski definition) is 0. The van der Waals surface area contributed by atoms with E-state index in [-0.39, 0.29) is 39.3 Å². The second-order valence-electron chi connectivity index (χ2n) is 8.09. The summed E-state index contributed by atoms with van der Waals surface area (Å²) in [6.45, 7) is 12.5. The van der Waals surface area contributed by atoms with Gasteiger partial charge in [-0.05, 0) is 30.6 Å². The van der Waals surface area contributed by atoms with Crippen molar-refractivity contribution < 1.29 is 25.8 Å². The number of hydrogen-bond acceptors (Lipinski definition) is 1. The SMILES string of the molecule is CC.CC.CCCc1cccc(CCC)c1[N-]C(c1ccccc1)c1cccc(-c2[c-]cccc2)n1.[CH3-].[Hf]. The Bertz CT molecular complexity index is 1100. The van der Waals surface area contributed by atoms with Gasteiger partial charge in [0.25, 0.3) is 0 Å². The molecule has 3 heteroatoms. The van der Waals surface area contributed by atoms with E-state index in [9.17, 15) is 0 Å². The van der Waals surface area contributed by atoms with Crippen LogP contribution >= 0.6 is 0 Å². The van der Waals surface area contributed by atoms with Crippen molar-refractivity contribution in [1.29, 1.82) is 0 Å². The van der Waals surface area contributed by atoms with Gasteiger partial charge in [-0.1, -0.05) is 132 Å². The zero-order valence-electron chi connectivity index (χ0n) is 24.5. The molecule has 0 aliphatic carbocycles. The van der Waals surface area contributed by atoms with Crippen molar-refractivity contribution in [3.05, 3.63) is 132 Å². The standard InChI is InChI=1S/C30H30N2.2C2H6.CH3.Hf/c1-3-13-24-19-11-20-25(14-4-2)29(24)32-30(26-17-9-6-10-18-26)28-22-12-21-27(31-28)23-15-7-5-8-16-23;2*1-2;;/h5-12,15,17-22,30H,3-4,13-14H2,1-2H3;2*1-2H3;1H3;/q-2;;;-1;. The molecule has 202 valence electrons. The fourth-order valence-corrected chi connectivity index (χ4v) is 4.13. The van der Waals surface area contributed by atoms with Crippen LogP contribution in [0.5, 0.6) is 0 Å². The Kier molecular flexibility index (Phi) is 19.1. The van der Waals surface area contributed by atoms with Crippen molar-refractivity contribution >= 4 is 5.69 Å². The first-order valence-electron chi connectivity index (χ1n) is 13.6. The number of rotatable bonds is 9. The van der Waals surface area contributed by atoms with E-state index < -0.39 is 0 Å². The zero-order valence-corrected chi connectivity index (χ0v) is 28.1. The van der Waals surface area contributed by atoms with Gasteiger partial charge in [-0.15, -0.1) is 41.6 Å². The molecule has 0 fully saturated rings. The summed E-state index contributed by atoms with van der Waals surface area (Å²) in [5, 5.41) is 5.40. The molecule has 0 aliphatic heterocycles. The van der Waals surface area contributed by atoms with Crippen LogP contribution in [-0.4, -0.2) is 4.98 Å². The summed E-state index contributed by atoms with van der Waals surface area (Å²) in [5.41, 5.74) is 7.83. The van der Waals surface area contributed by atoms with Crippen LogP contribution in [0.1, 0.15) is 82.8 Å². The Balaban J connectivity index is 0.00000218. The molecule has 1 aromatic heterocycles. The smallest absolute Gasteiger partial charge is 0.0195 e. The van der Waals surface area contributed by atoms with E-state index >= 15 is 0 Å². The van der Waals surface area contributed by atoms with Gasteiger partial charge in [0.1, 0.15) is 0 Å². The van der Waals surface area contributed by atoms with Gasteiger partial charge in [0.2, 0.25) is 0 Å². The van der Waals surface area contributed by atoms with E-state index in [2.05, 4.69) is 86.6 Å². The van der Waals surface area contributed by atoms with E-state index in [0.717, 1.165) is 53.9 Å². The van der Waals surface area contributed by atoms with Gasteiger partial charge in [0.15, 0.2) is 0 Å². The van der Waals surface area contributed by atoms with Crippen molar-refractivity contribution in [2.45, 2.75) is 73.3 Å². The first-order chi connectivity index (χ1) is 17.8. The molecule has 4 aromatic rings. The molecule has 3 aromatic carbocycles. The predicted octanol–water partition coefficient (Wildman–Crippen LogP) is 10.7. The summed E-state index contributed by atoms with van der Waals surface area (Å²) in [6, 6.07) is 34.5. The van der Waals surface area contributed by atoms with Crippen molar-refractivity contribution in [2.24, 2.45) is 0 Å². The fourth-order valence-electron chi connectivity index (χ4n) is 4.13. The number of aryl methyl sites for hydroxylation is 2. The van der Waals surface area contributed by atoms with Gasteiger partial charge in [-0.25, -0.2) is 0 Å². The zero-order chi connectivity index (χ0) is 26.2. The van der Waals surface area contributed by atoms with Gasteiger partial charge in [0.05, 0.1) is 0 Å². The number of benzene rings is 3. The third kappa shape index (κ3) is 9.98. The average molecular weight is 672 g/mol. The third-order valence-electron chi connectivity index (χ3n) is 5.65. The molecular formula is C35H45HfN2-3. The van der Waals surface area contributed by atoms with Crippen LogP contribution in [0.15, 0.2) is 91.0 Å². The van der Waals surface area contributed by atoms with Crippen LogP contribution in [0.2, 0.25) is 0 Å². The molecular weight excluding hydrogens is 627 g/mol. The molecule has 0 spiro atoms. The molecule has 4 rings (SSSR count). The van der Waals surface area contributed by atoms with Crippen molar-refractivity contribution in [2.75, 3.05) is 0 Å². The van der Waals surface area contributed by atoms with Crippen LogP contribution in [0.4, 0.5) is 5.69 Å². The second-order valence-corrected chi connectivity index (χ2v) is 8.09. The number of nitrogens with zero attached hydrogens (tertiary/aromatic N) is 2. The molecule has 1 atom stereocenters. The number of aromatic nitrogens is 1. The van der Waals surface area contributed by atoms with E-state index in [1.54, 1.807) is 0 Å². The quantitative estimate of drug-likeness (QED) is 0.128. The van der Waals surface area contributed by atoms with Gasteiger partial charge in [0, 0.05) is 31.5 Å². The minimum Gasteiger partial charge on any atom is -0.673 e. The van der Waals surface area contributed by atoms with E-state index in [1.165, 1.54) is 11.1 Å². The normalized spacial score (nSPS) is 10.3. The summed E-state index contributed by atoms with van der Waals surface area (Å²) in [4.78, 5) is 5.04. The topological polar surface area (TPSA) is 27.0 Å². The summed E-state index contributed by atoms with van der Waals surface area (Å²) in [7, 11) is 0. The number of pyridine rings is 1. The molecule has 0 N–H and O–H groups in total. The van der Waals surface area contributed by atoms with E-state index in [0.29, 0.717) is 0 Å². The summed E-state index contributed by atoms with van der Waals surface area (Å²) >= 11 is 0. The largest absolute Gasteiger partial charge is 0.673 e. The van der Waals surface area contributed by atoms with Gasteiger partial charge >= 0.3 is 0 Å². The monoisotopic (exact) mass is 673 g/mol. The van der Waals surface area contributed by atoms with E-state index in [1.807, 2.05) is 52.0 Å². The molecule has 38 heavy (non-hydrogen) atoms. The van der Waals surface area contributed by atoms with Crippen molar-refractivity contribution in [1.82, 2.24) is 4.98 Å². The molecule has 0 saturated carbocycles. The van der Waals surface area contributed by atoms with Crippen LogP contribution in [0.3, 0.4) is 0 Å². The number of para-hydroxylation sites is 1. The minimum atomic E-state index is -0.159. The minimum absolute atomic E-state index is 0. The third-order valence-corrected chi connectivity index (χ3v) is 5.65. The summed E-state index contributed by atoms with van der Waals surface area (Å²) < 4.78 is 0. The summed E-state index contributed by atoms with van der Waals surface area (Å²) in [6.07, 6.45) is 4.27. The molecule has 0 saturated heterocycles. The Morgan fingerprint density at radius 3 is 1.84 bits per heavy atom. The van der Waals surface area contributed by atoms with E-state index in [4.69, 9.17) is 10.3 Å². The maximum Gasteiger partial charge on any atom is 0.0195 e. The Morgan fingerprint density at radius 1 is 0.711 bits per heavy atom. The Labute approximate surface area is 252 Å². The molecule has 1 unspecified atom stereocenters. The predicted molar refractivity (Wildman–Crippen MR) is 163 cm³/mol. The molecule has 0 aliphatic rings. The maximum atomic E-state index is 5.40. The van der Waals surface area contributed by atoms with Crippen LogP contribution in [0.25, 0.3) is 16.6 Å². The van der Waals surface area contributed by atoms with Gasteiger partial charge in [-0.3, -0.25) is 0 Å². The second kappa shape index (κ2) is 20.4. The fraction of sp³-hybridized carbons (Fsp3) is 0.314. The van der Waals surface area contributed by atoms with Crippen LogP contribution in [-0.2, 0) is 38.7 Å². The first kappa shape index (κ1) is 35.5. The van der Waals surface area contributed by atoms with Gasteiger partial charge in [-0.2, -0.15) is 0 Å². The molecule has 2 nitrogen and oxygen atoms in total. The first-order valence-corrected chi connectivity index (χ1v) is 13.6. The van der Waals surface area contributed by atoms with Crippen LogP contribution in [0, 0.1) is 13.5 Å². The molecule has 0 radical (unpaired) electrons. The van der Waals surface area contributed by atoms with Gasteiger partial charge < -0.3 is 17.7 Å². The molecule has 1 heterocycles. The van der Waals surface area contributed by atoms with Crippen molar-refractivity contribution in [3.8, 4) is 11.3 Å². The molecule has 0 amide bonds.